The van der Waals surface area contributed by atoms with Gasteiger partial charge in [0.15, 0.2) is 5.75 Å². The Morgan fingerprint density at radius 2 is 1.79 bits per heavy atom. The molecule has 154 valence electrons. The number of nitrogens with one attached hydrogen (secondary N) is 2. The number of hydrogen-bond donors (Lipinski definition) is 2. The smallest absolute Gasteiger partial charge is 0.404 e. The molecule has 2 N–H and O–H groups in total. The first-order valence-electron chi connectivity index (χ1n) is 9.18. The number of para-hydroxylation sites is 2. The van der Waals surface area contributed by atoms with Crippen LogP contribution in [0.3, 0.4) is 0 Å². The van der Waals surface area contributed by atoms with E-state index in [4.69, 9.17) is 0 Å². The summed E-state index contributed by atoms with van der Waals surface area (Å²) in [6.07, 6.45) is -2.80. The normalized spacial score (nSPS) is 19.1. The number of anilines is 1. The highest BCUT2D eigenvalue weighted by molar-refractivity contribution is 5.91. The lowest BCUT2D eigenvalue weighted by atomic mass is 10.2. The van der Waals surface area contributed by atoms with Crippen molar-refractivity contribution in [1.82, 2.24) is 15.1 Å². The third-order valence-electron chi connectivity index (χ3n) is 4.81. The van der Waals surface area contributed by atoms with Gasteiger partial charge in [0.1, 0.15) is 0 Å². The Balaban J connectivity index is 1.52. The molecule has 1 aliphatic carbocycles. The van der Waals surface area contributed by atoms with Crippen LogP contribution in [0.15, 0.2) is 24.3 Å². The molecule has 1 aliphatic heterocycles. The van der Waals surface area contributed by atoms with Crippen LogP contribution in [-0.2, 0) is 4.79 Å². The Kier molecular flexibility index (Phi) is 5.97. The van der Waals surface area contributed by atoms with Crippen LogP contribution < -0.4 is 15.4 Å². The summed E-state index contributed by atoms with van der Waals surface area (Å²) in [7, 11) is 0. The Bertz CT molecular complexity index is 716. The number of amides is 3. The highest BCUT2D eigenvalue weighted by Gasteiger charge is 2.33. The van der Waals surface area contributed by atoms with Gasteiger partial charge in [0.05, 0.1) is 11.7 Å². The maximum atomic E-state index is 12.5. The number of ether oxygens (including phenoxy) is 1. The van der Waals surface area contributed by atoms with Gasteiger partial charge in [-0.05, 0) is 31.9 Å². The first kappa shape index (κ1) is 20.2. The molecule has 1 atom stereocenters. The number of carbonyl (C=O) groups is 2. The number of benzene rings is 1. The zero-order chi connectivity index (χ0) is 20.3. The van der Waals surface area contributed by atoms with Crippen molar-refractivity contribution in [3.8, 4) is 5.75 Å². The van der Waals surface area contributed by atoms with Gasteiger partial charge in [-0.25, -0.2) is 4.79 Å². The van der Waals surface area contributed by atoms with E-state index < -0.39 is 18.1 Å². The van der Waals surface area contributed by atoms with Crippen LogP contribution in [0, 0.1) is 0 Å². The van der Waals surface area contributed by atoms with Crippen molar-refractivity contribution in [1.29, 1.82) is 0 Å². The molecule has 1 saturated carbocycles. The fourth-order valence-electron chi connectivity index (χ4n) is 3.01. The van der Waals surface area contributed by atoms with E-state index in [0.29, 0.717) is 32.2 Å². The van der Waals surface area contributed by atoms with E-state index in [1.54, 1.807) is 0 Å². The van der Waals surface area contributed by atoms with Gasteiger partial charge >= 0.3 is 12.4 Å². The summed E-state index contributed by atoms with van der Waals surface area (Å²) in [6, 6.07) is 4.89. The molecule has 28 heavy (non-hydrogen) atoms. The third-order valence-corrected chi connectivity index (χ3v) is 4.81. The maximum absolute atomic E-state index is 12.5. The summed E-state index contributed by atoms with van der Waals surface area (Å²) in [4.78, 5) is 28.1. The van der Waals surface area contributed by atoms with E-state index in [-0.39, 0.29) is 17.6 Å². The number of carbonyl (C=O) groups excluding carboxylic acids is 2. The lowest BCUT2D eigenvalue weighted by molar-refractivity contribution is -0.274. The van der Waals surface area contributed by atoms with Crippen molar-refractivity contribution in [3.63, 3.8) is 0 Å². The maximum Gasteiger partial charge on any atom is 0.573 e. The summed E-state index contributed by atoms with van der Waals surface area (Å²) in [5, 5.41) is 5.43. The molecule has 10 heteroatoms. The Morgan fingerprint density at radius 3 is 2.39 bits per heavy atom. The molecule has 2 fully saturated rings. The number of alkyl halides is 3. The van der Waals surface area contributed by atoms with Crippen LogP contribution in [0.4, 0.5) is 23.7 Å². The van der Waals surface area contributed by atoms with E-state index in [9.17, 15) is 22.8 Å². The van der Waals surface area contributed by atoms with Crippen LogP contribution in [0.1, 0.15) is 19.8 Å². The SMILES string of the molecule is CC(C(=O)NC1CC1)N1CCN(C(=O)Nc2ccccc2OC(F)(F)F)CC1. The molecular weight excluding hydrogens is 377 g/mol. The van der Waals surface area contributed by atoms with Crippen LogP contribution >= 0.6 is 0 Å². The van der Waals surface area contributed by atoms with E-state index in [1.165, 1.54) is 23.1 Å². The van der Waals surface area contributed by atoms with E-state index in [0.717, 1.165) is 18.9 Å². The number of piperazine rings is 1. The minimum atomic E-state index is -4.84. The zero-order valence-electron chi connectivity index (χ0n) is 15.5. The molecule has 1 saturated heterocycles. The van der Waals surface area contributed by atoms with Gasteiger partial charge in [0.25, 0.3) is 0 Å². The molecule has 1 aromatic carbocycles. The summed E-state index contributed by atoms with van der Waals surface area (Å²) in [6.45, 7) is 3.59. The number of halogens is 3. The summed E-state index contributed by atoms with van der Waals surface area (Å²) in [5.41, 5.74) is -0.0515. The van der Waals surface area contributed by atoms with Crippen molar-refractivity contribution in [2.75, 3.05) is 31.5 Å². The quantitative estimate of drug-likeness (QED) is 0.796. The second-order valence-electron chi connectivity index (χ2n) is 6.96. The van der Waals surface area contributed by atoms with Crippen LogP contribution in [-0.4, -0.2) is 66.4 Å². The largest absolute Gasteiger partial charge is 0.573 e. The number of urea groups is 1. The Morgan fingerprint density at radius 1 is 1.14 bits per heavy atom. The second kappa shape index (κ2) is 8.26. The van der Waals surface area contributed by atoms with Gasteiger partial charge in [-0.15, -0.1) is 13.2 Å². The lowest BCUT2D eigenvalue weighted by Gasteiger charge is -2.37. The molecule has 0 spiro atoms. The monoisotopic (exact) mass is 400 g/mol. The highest BCUT2D eigenvalue weighted by Crippen LogP contribution is 2.30. The minimum Gasteiger partial charge on any atom is -0.404 e. The molecule has 7 nitrogen and oxygen atoms in total. The van der Waals surface area contributed by atoms with Crippen LogP contribution in [0.5, 0.6) is 5.75 Å². The van der Waals surface area contributed by atoms with Gasteiger partial charge in [-0.1, -0.05) is 12.1 Å². The molecule has 1 unspecified atom stereocenters. The zero-order valence-corrected chi connectivity index (χ0v) is 15.5. The molecule has 0 radical (unpaired) electrons. The van der Waals surface area contributed by atoms with Crippen LogP contribution in [0.25, 0.3) is 0 Å². The standard InChI is InChI=1S/C18H23F3N4O3/c1-12(16(26)22-13-6-7-13)24-8-10-25(11-9-24)17(27)23-14-4-2-3-5-15(14)28-18(19,20)21/h2-5,12-13H,6-11H2,1H3,(H,22,26)(H,23,27). The van der Waals surface area contributed by atoms with Gasteiger partial charge < -0.3 is 20.3 Å². The first-order chi connectivity index (χ1) is 13.2. The fourth-order valence-corrected chi connectivity index (χ4v) is 3.01. The van der Waals surface area contributed by atoms with Crippen molar-refractivity contribution >= 4 is 17.6 Å². The average Bonchev–Trinajstić information content (AvgIpc) is 3.45. The summed E-state index contributed by atoms with van der Waals surface area (Å²) in [5.74, 6) is -0.481. The Hall–Kier alpha value is -2.49. The molecule has 3 amide bonds. The minimum absolute atomic E-state index is 0.0152. The van der Waals surface area contributed by atoms with Crippen molar-refractivity contribution in [2.24, 2.45) is 0 Å². The fraction of sp³-hybridized carbons (Fsp3) is 0.556. The predicted molar refractivity (Wildman–Crippen MR) is 95.9 cm³/mol. The number of rotatable bonds is 5. The average molecular weight is 400 g/mol. The lowest BCUT2D eigenvalue weighted by Crippen LogP contribution is -2.55. The van der Waals surface area contributed by atoms with E-state index in [2.05, 4.69) is 15.4 Å². The molecule has 1 aromatic rings. The Labute approximate surface area is 160 Å². The van der Waals surface area contributed by atoms with E-state index in [1.807, 2.05) is 11.8 Å². The molecule has 1 heterocycles. The molecule has 0 aromatic heterocycles. The van der Waals surface area contributed by atoms with Gasteiger partial charge in [-0.2, -0.15) is 0 Å². The molecule has 3 rings (SSSR count). The van der Waals surface area contributed by atoms with E-state index >= 15 is 0 Å². The van der Waals surface area contributed by atoms with Crippen molar-refractivity contribution in [3.05, 3.63) is 24.3 Å². The first-order valence-corrected chi connectivity index (χ1v) is 9.18. The third kappa shape index (κ3) is 5.51. The second-order valence-corrected chi connectivity index (χ2v) is 6.96. The number of hydrogen-bond acceptors (Lipinski definition) is 4. The molecule has 0 bridgehead atoms. The molecule has 2 aliphatic rings. The van der Waals surface area contributed by atoms with Gasteiger partial charge in [0, 0.05) is 32.2 Å². The topological polar surface area (TPSA) is 73.9 Å². The molecular formula is C18H23F3N4O3. The van der Waals surface area contributed by atoms with Gasteiger partial charge in [-0.3, -0.25) is 9.69 Å². The highest BCUT2D eigenvalue weighted by atomic mass is 19.4. The van der Waals surface area contributed by atoms with Gasteiger partial charge in [0.2, 0.25) is 5.91 Å². The number of nitrogens with zero attached hydrogens (tertiary/aromatic N) is 2. The summed E-state index contributed by atoms with van der Waals surface area (Å²) >= 11 is 0. The van der Waals surface area contributed by atoms with Crippen LogP contribution in [0.2, 0.25) is 0 Å². The van der Waals surface area contributed by atoms with Crippen molar-refractivity contribution in [2.45, 2.75) is 38.2 Å². The summed E-state index contributed by atoms with van der Waals surface area (Å²) < 4.78 is 41.4. The predicted octanol–water partition coefficient (Wildman–Crippen LogP) is 2.40. The van der Waals surface area contributed by atoms with Crippen molar-refractivity contribution < 1.29 is 27.5 Å².